The second kappa shape index (κ2) is 7.40. The van der Waals surface area contributed by atoms with Crippen LogP contribution in [0.2, 0.25) is 0 Å². The van der Waals surface area contributed by atoms with E-state index in [4.69, 9.17) is 14.9 Å². The summed E-state index contributed by atoms with van der Waals surface area (Å²) in [5, 5.41) is 3.08. The van der Waals surface area contributed by atoms with Crippen molar-refractivity contribution in [2.45, 2.75) is 6.61 Å². The van der Waals surface area contributed by atoms with E-state index in [9.17, 15) is 14.4 Å². The lowest BCUT2D eigenvalue weighted by molar-refractivity contribution is 0.0474. The van der Waals surface area contributed by atoms with Gasteiger partial charge in [0.05, 0.1) is 5.56 Å². The molecule has 0 saturated heterocycles. The van der Waals surface area contributed by atoms with E-state index in [1.165, 1.54) is 30.3 Å². The normalized spacial score (nSPS) is 10.5. The van der Waals surface area contributed by atoms with Crippen LogP contribution in [0.25, 0.3) is 11.0 Å². The molecule has 0 aliphatic heterocycles. The molecule has 0 fully saturated rings. The van der Waals surface area contributed by atoms with Gasteiger partial charge in [-0.05, 0) is 42.5 Å². The molecule has 2 amide bonds. The van der Waals surface area contributed by atoms with Crippen LogP contribution in [0, 0.1) is 0 Å². The number of carbonyl (C=O) groups excluding carboxylic acids is 2. The third-order valence-corrected chi connectivity index (χ3v) is 4.03. The first kappa shape index (κ1) is 17.7. The van der Waals surface area contributed by atoms with E-state index >= 15 is 0 Å². The van der Waals surface area contributed by atoms with E-state index in [2.05, 4.69) is 21.2 Å². The largest absolute Gasteiger partial charge is 0.457 e. The molecule has 0 radical (unpaired) electrons. The number of hydrogen-bond donors (Lipinski definition) is 2. The van der Waals surface area contributed by atoms with Crippen LogP contribution >= 0.6 is 15.9 Å². The molecule has 0 saturated carbocycles. The average molecular weight is 417 g/mol. The highest BCUT2D eigenvalue weighted by Gasteiger charge is 2.11. The minimum absolute atomic E-state index is 0.0795. The van der Waals surface area contributed by atoms with Crippen LogP contribution in [0.1, 0.15) is 15.9 Å². The molecule has 8 heteroatoms. The molecular formula is C18H13BrN2O5. The molecule has 7 nitrogen and oxygen atoms in total. The molecule has 0 atom stereocenters. The molecule has 0 bridgehead atoms. The van der Waals surface area contributed by atoms with Crippen molar-refractivity contribution in [3.63, 3.8) is 0 Å². The fraction of sp³-hybridized carbons (Fsp3) is 0.0556. The first-order chi connectivity index (χ1) is 12.4. The lowest BCUT2D eigenvalue weighted by Gasteiger charge is -2.08. The van der Waals surface area contributed by atoms with Crippen LogP contribution in [0.3, 0.4) is 0 Å². The first-order valence-corrected chi connectivity index (χ1v) is 8.27. The van der Waals surface area contributed by atoms with Crippen LogP contribution in [0.5, 0.6) is 0 Å². The van der Waals surface area contributed by atoms with E-state index in [1.54, 1.807) is 18.2 Å². The van der Waals surface area contributed by atoms with Gasteiger partial charge in [0.1, 0.15) is 12.2 Å². The quantitative estimate of drug-likeness (QED) is 0.499. The van der Waals surface area contributed by atoms with Gasteiger partial charge in [-0.15, -0.1) is 0 Å². The summed E-state index contributed by atoms with van der Waals surface area (Å²) in [5.41, 5.74) is 6.21. The van der Waals surface area contributed by atoms with Crippen molar-refractivity contribution in [3.8, 4) is 0 Å². The van der Waals surface area contributed by atoms with E-state index in [-0.39, 0.29) is 6.61 Å². The Kier molecular flexibility index (Phi) is 5.04. The fourth-order valence-electron chi connectivity index (χ4n) is 2.38. The third-order valence-electron chi connectivity index (χ3n) is 3.54. The summed E-state index contributed by atoms with van der Waals surface area (Å²) in [7, 11) is 0. The number of hydrogen-bond acceptors (Lipinski definition) is 5. The Morgan fingerprint density at radius 2 is 1.85 bits per heavy atom. The number of amides is 2. The van der Waals surface area contributed by atoms with Crippen LogP contribution in [-0.2, 0) is 11.3 Å². The monoisotopic (exact) mass is 416 g/mol. The van der Waals surface area contributed by atoms with E-state index < -0.39 is 17.6 Å². The van der Waals surface area contributed by atoms with E-state index in [0.29, 0.717) is 27.8 Å². The molecule has 1 heterocycles. The zero-order valence-corrected chi connectivity index (χ0v) is 14.9. The number of primary amides is 1. The molecule has 0 spiro atoms. The maximum Gasteiger partial charge on any atom is 0.338 e. The number of esters is 1. The molecule has 3 N–H and O–H groups in total. The third kappa shape index (κ3) is 4.09. The highest BCUT2D eigenvalue weighted by Crippen LogP contribution is 2.22. The number of halogens is 1. The molecule has 3 rings (SSSR count). The SMILES string of the molecule is NC(=O)Nc1ccc(C(=O)OCc2cc(=O)oc3cc(Br)ccc23)cc1. The summed E-state index contributed by atoms with van der Waals surface area (Å²) in [6.45, 7) is -0.0795. The molecule has 1 aromatic heterocycles. The number of anilines is 1. The topological polar surface area (TPSA) is 112 Å². The molecule has 132 valence electrons. The van der Waals surface area contributed by atoms with Crippen LogP contribution in [0.4, 0.5) is 10.5 Å². The van der Waals surface area contributed by atoms with Gasteiger partial charge >= 0.3 is 17.6 Å². The fourth-order valence-corrected chi connectivity index (χ4v) is 2.72. The van der Waals surface area contributed by atoms with Gasteiger partial charge in [-0.3, -0.25) is 0 Å². The van der Waals surface area contributed by atoms with Crippen molar-refractivity contribution in [3.05, 3.63) is 74.6 Å². The van der Waals surface area contributed by atoms with Gasteiger partial charge in [0.2, 0.25) is 0 Å². The zero-order chi connectivity index (χ0) is 18.7. The number of urea groups is 1. The standard InChI is InChI=1S/C18H13BrN2O5/c19-12-3-6-14-11(7-16(22)26-15(14)8-12)9-25-17(23)10-1-4-13(5-2-10)21-18(20)24/h1-8H,9H2,(H3,20,21,24). The smallest absolute Gasteiger partial charge is 0.338 e. The summed E-state index contributed by atoms with van der Waals surface area (Å²) in [6, 6.07) is 11.9. The summed E-state index contributed by atoms with van der Waals surface area (Å²) < 4.78 is 11.2. The zero-order valence-electron chi connectivity index (χ0n) is 13.3. The van der Waals surface area contributed by atoms with Gasteiger partial charge in [-0.25, -0.2) is 14.4 Å². The number of fused-ring (bicyclic) bond motifs is 1. The molecule has 3 aromatic rings. The predicted molar refractivity (Wildman–Crippen MR) is 99.0 cm³/mol. The highest BCUT2D eigenvalue weighted by atomic mass is 79.9. The van der Waals surface area contributed by atoms with Gasteiger partial charge in [0.25, 0.3) is 0 Å². The number of ether oxygens (including phenoxy) is 1. The summed E-state index contributed by atoms with van der Waals surface area (Å²) in [4.78, 5) is 34.7. The Bertz CT molecular complexity index is 1040. The number of carbonyl (C=O) groups is 2. The van der Waals surface area contributed by atoms with Crippen molar-refractivity contribution in [1.29, 1.82) is 0 Å². The summed E-state index contributed by atoms with van der Waals surface area (Å²) >= 11 is 3.31. The van der Waals surface area contributed by atoms with Crippen molar-refractivity contribution in [2.24, 2.45) is 5.73 Å². The lowest BCUT2D eigenvalue weighted by atomic mass is 10.1. The number of rotatable bonds is 4. The minimum atomic E-state index is -0.693. The first-order valence-electron chi connectivity index (χ1n) is 7.48. The Labute approximate surface area is 155 Å². The molecule has 26 heavy (non-hydrogen) atoms. The van der Waals surface area contributed by atoms with Gasteiger partial charge in [-0.2, -0.15) is 0 Å². The highest BCUT2D eigenvalue weighted by molar-refractivity contribution is 9.10. The van der Waals surface area contributed by atoms with Crippen molar-refractivity contribution >= 4 is 44.6 Å². The van der Waals surface area contributed by atoms with Crippen molar-refractivity contribution < 1.29 is 18.7 Å². The van der Waals surface area contributed by atoms with Crippen molar-refractivity contribution in [2.75, 3.05) is 5.32 Å². The Balaban J connectivity index is 1.76. The average Bonchev–Trinajstić information content (AvgIpc) is 2.59. The summed E-state index contributed by atoms with van der Waals surface area (Å²) in [5.74, 6) is -0.561. The lowest BCUT2D eigenvalue weighted by Crippen LogP contribution is -2.19. The van der Waals surface area contributed by atoms with Gasteiger partial charge in [0.15, 0.2) is 0 Å². The van der Waals surface area contributed by atoms with Crippen LogP contribution in [-0.4, -0.2) is 12.0 Å². The van der Waals surface area contributed by atoms with E-state index in [1.807, 2.05) is 0 Å². The van der Waals surface area contributed by atoms with Gasteiger partial charge in [-0.1, -0.05) is 15.9 Å². The number of nitrogens with one attached hydrogen (secondary N) is 1. The maximum absolute atomic E-state index is 12.2. The molecule has 0 aliphatic rings. The van der Waals surface area contributed by atoms with Gasteiger partial charge in [0, 0.05) is 27.2 Å². The van der Waals surface area contributed by atoms with E-state index in [0.717, 1.165) is 4.47 Å². The second-order valence-corrected chi connectivity index (χ2v) is 6.29. The Morgan fingerprint density at radius 3 is 2.54 bits per heavy atom. The summed E-state index contributed by atoms with van der Waals surface area (Å²) in [6.07, 6.45) is 0. The van der Waals surface area contributed by atoms with Crippen LogP contribution < -0.4 is 16.7 Å². The van der Waals surface area contributed by atoms with Crippen LogP contribution in [0.15, 0.2) is 62.2 Å². The minimum Gasteiger partial charge on any atom is -0.457 e. The second-order valence-electron chi connectivity index (χ2n) is 5.37. The number of nitrogens with two attached hydrogens (primary N) is 1. The maximum atomic E-state index is 12.2. The van der Waals surface area contributed by atoms with Gasteiger partial charge < -0.3 is 20.2 Å². The molecular weight excluding hydrogens is 404 g/mol. The molecule has 0 unspecified atom stereocenters. The Hall–Kier alpha value is -3.13. The Morgan fingerprint density at radius 1 is 1.12 bits per heavy atom. The van der Waals surface area contributed by atoms with Crippen molar-refractivity contribution in [1.82, 2.24) is 0 Å². The number of benzene rings is 2. The molecule has 0 aliphatic carbocycles. The molecule has 2 aromatic carbocycles. The predicted octanol–water partition coefficient (Wildman–Crippen LogP) is 3.40.